The third-order valence-corrected chi connectivity index (χ3v) is 11.9. The SMILES string of the molecule is CC1=C([C@@H](C)O)C[C@H]2O[C@@H]1O[C@]2(C)[C@H]1CC[C@@]2(O)C3=CC(=O)[C@@H]4C[C@@H](O)[C@@H](O)C[C@]4(C)[C@H]3CC[C@]12C. The van der Waals surface area contributed by atoms with Gasteiger partial charge in [0.25, 0.3) is 0 Å². The number of hydrogen-bond donors (Lipinski definition) is 4. The van der Waals surface area contributed by atoms with Crippen molar-refractivity contribution in [3.05, 3.63) is 22.8 Å². The summed E-state index contributed by atoms with van der Waals surface area (Å²) in [6.07, 6.45) is 2.95. The molecule has 7 heteroatoms. The maximum atomic E-state index is 13.4. The van der Waals surface area contributed by atoms with Crippen LogP contribution in [0.25, 0.3) is 0 Å². The molecule has 0 aromatic rings. The van der Waals surface area contributed by atoms with Crippen LogP contribution in [0.5, 0.6) is 0 Å². The van der Waals surface area contributed by atoms with E-state index in [1.165, 1.54) is 0 Å². The molecule has 4 N–H and O–H groups in total. The highest BCUT2D eigenvalue weighted by molar-refractivity contribution is 5.95. The first-order valence-electron chi connectivity index (χ1n) is 13.8. The molecule has 1 saturated heterocycles. The monoisotopic (exact) mass is 502 g/mol. The van der Waals surface area contributed by atoms with Crippen LogP contribution < -0.4 is 0 Å². The first-order valence-corrected chi connectivity index (χ1v) is 13.8. The number of rotatable bonds is 2. The molecule has 0 spiro atoms. The molecular formula is C29H42O7. The van der Waals surface area contributed by atoms with Gasteiger partial charge in [0.15, 0.2) is 12.1 Å². The standard InChI is InChI=1S/C29H42O7/c1-14-16(15(2)30)10-24-28(5,36-25(14)35-24)23-7-9-29(34)18-11-20(31)19-12-21(32)22(33)13-26(19,3)17(18)6-8-27(23,29)4/h11,15,17,19,21-25,30,32-34H,6-10,12-13H2,1-5H3/t15-,17+,19+,21-,22+,23+,24-,25-,26-,27-,28-,29-/m1/s1. The van der Waals surface area contributed by atoms with Crippen molar-refractivity contribution < 1.29 is 34.7 Å². The molecule has 3 saturated carbocycles. The van der Waals surface area contributed by atoms with Gasteiger partial charge in [0.1, 0.15) is 0 Å². The van der Waals surface area contributed by atoms with E-state index in [0.717, 1.165) is 36.0 Å². The van der Waals surface area contributed by atoms with E-state index < -0.39 is 46.6 Å². The molecule has 0 aromatic carbocycles. The van der Waals surface area contributed by atoms with Crippen LogP contribution in [-0.4, -0.2) is 68.1 Å². The first kappa shape index (κ1) is 25.2. The Kier molecular flexibility index (Phi) is 5.41. The minimum Gasteiger partial charge on any atom is -0.390 e. The van der Waals surface area contributed by atoms with Crippen molar-refractivity contribution in [3.8, 4) is 0 Å². The third-order valence-electron chi connectivity index (χ3n) is 11.9. The molecule has 4 fully saturated rings. The largest absolute Gasteiger partial charge is 0.390 e. The zero-order chi connectivity index (χ0) is 26.0. The van der Waals surface area contributed by atoms with Crippen molar-refractivity contribution in [2.45, 2.75) is 121 Å². The van der Waals surface area contributed by atoms with Crippen molar-refractivity contribution >= 4 is 5.78 Å². The number of allylic oxidation sites excluding steroid dienone is 1. The molecule has 2 aliphatic heterocycles. The summed E-state index contributed by atoms with van der Waals surface area (Å²) < 4.78 is 13.0. The summed E-state index contributed by atoms with van der Waals surface area (Å²) in [5.41, 5.74) is 0.0327. The Labute approximate surface area is 213 Å². The summed E-state index contributed by atoms with van der Waals surface area (Å²) in [5.74, 6) is -0.337. The number of ketones is 1. The summed E-state index contributed by atoms with van der Waals surface area (Å²) in [6, 6.07) is 0. The summed E-state index contributed by atoms with van der Waals surface area (Å²) in [7, 11) is 0. The van der Waals surface area contributed by atoms with E-state index in [1.54, 1.807) is 13.0 Å². The minimum absolute atomic E-state index is 0.00212. The summed E-state index contributed by atoms with van der Waals surface area (Å²) >= 11 is 0. The fourth-order valence-electron chi connectivity index (χ4n) is 9.67. The van der Waals surface area contributed by atoms with E-state index in [-0.39, 0.29) is 36.1 Å². The molecule has 200 valence electrons. The predicted molar refractivity (Wildman–Crippen MR) is 132 cm³/mol. The van der Waals surface area contributed by atoms with Gasteiger partial charge in [-0.3, -0.25) is 4.79 Å². The molecule has 6 rings (SSSR count). The lowest BCUT2D eigenvalue weighted by Crippen LogP contribution is -2.62. The summed E-state index contributed by atoms with van der Waals surface area (Å²) in [4.78, 5) is 13.4. The fourth-order valence-corrected chi connectivity index (χ4v) is 9.67. The van der Waals surface area contributed by atoms with E-state index >= 15 is 0 Å². The van der Waals surface area contributed by atoms with Crippen molar-refractivity contribution in [3.63, 3.8) is 0 Å². The molecule has 2 bridgehead atoms. The number of hydrogen-bond acceptors (Lipinski definition) is 7. The number of ether oxygens (including phenoxy) is 2. The van der Waals surface area contributed by atoms with Gasteiger partial charge in [0.05, 0.1) is 35.6 Å². The van der Waals surface area contributed by atoms with Gasteiger partial charge in [-0.1, -0.05) is 13.8 Å². The van der Waals surface area contributed by atoms with Crippen molar-refractivity contribution in [2.75, 3.05) is 0 Å². The Hall–Kier alpha value is -1.09. The highest BCUT2D eigenvalue weighted by atomic mass is 16.7. The molecule has 0 radical (unpaired) electrons. The smallest absolute Gasteiger partial charge is 0.181 e. The van der Waals surface area contributed by atoms with Crippen LogP contribution in [0.2, 0.25) is 0 Å². The molecular weight excluding hydrogens is 460 g/mol. The van der Waals surface area contributed by atoms with Crippen LogP contribution in [-0.2, 0) is 14.3 Å². The van der Waals surface area contributed by atoms with Gasteiger partial charge in [-0.05, 0) is 99.3 Å². The molecule has 0 amide bonds. The van der Waals surface area contributed by atoms with Crippen LogP contribution in [0.4, 0.5) is 0 Å². The molecule has 0 aromatic heterocycles. The van der Waals surface area contributed by atoms with Gasteiger partial charge in [-0.2, -0.15) is 0 Å². The molecule has 4 aliphatic carbocycles. The third kappa shape index (κ3) is 2.99. The maximum Gasteiger partial charge on any atom is 0.181 e. The zero-order valence-electron chi connectivity index (χ0n) is 22.2. The highest BCUT2D eigenvalue weighted by Crippen LogP contribution is 2.70. The Balaban J connectivity index is 1.36. The van der Waals surface area contributed by atoms with Gasteiger partial charge < -0.3 is 29.9 Å². The van der Waals surface area contributed by atoms with Gasteiger partial charge in [-0.25, -0.2) is 0 Å². The van der Waals surface area contributed by atoms with Crippen LogP contribution in [0.1, 0.15) is 79.6 Å². The van der Waals surface area contributed by atoms with Crippen LogP contribution >= 0.6 is 0 Å². The van der Waals surface area contributed by atoms with E-state index in [2.05, 4.69) is 20.8 Å². The normalized spacial score (nSPS) is 55.1. The van der Waals surface area contributed by atoms with Gasteiger partial charge in [0.2, 0.25) is 0 Å². The van der Waals surface area contributed by atoms with Crippen LogP contribution in [0, 0.1) is 28.6 Å². The minimum atomic E-state index is -1.14. The van der Waals surface area contributed by atoms with Crippen molar-refractivity contribution in [2.24, 2.45) is 28.6 Å². The first-order chi connectivity index (χ1) is 16.8. The summed E-state index contributed by atoms with van der Waals surface area (Å²) in [6.45, 7) is 10.1. The Morgan fingerprint density at radius 1 is 1.08 bits per heavy atom. The summed E-state index contributed by atoms with van der Waals surface area (Å²) in [5, 5.41) is 43.7. The van der Waals surface area contributed by atoms with E-state index in [1.807, 2.05) is 6.92 Å². The van der Waals surface area contributed by atoms with Gasteiger partial charge >= 0.3 is 0 Å². The Morgan fingerprint density at radius 2 is 1.81 bits per heavy atom. The number of carbonyl (C=O) groups excluding carboxylic acids is 1. The Bertz CT molecular complexity index is 1050. The van der Waals surface area contributed by atoms with E-state index in [4.69, 9.17) is 9.47 Å². The lowest BCUT2D eigenvalue weighted by molar-refractivity contribution is -0.164. The average Bonchev–Trinajstić information content (AvgIpc) is 3.24. The van der Waals surface area contributed by atoms with Gasteiger partial charge in [0, 0.05) is 17.8 Å². The lowest BCUT2D eigenvalue weighted by atomic mass is 9.45. The Morgan fingerprint density at radius 3 is 2.50 bits per heavy atom. The number of carbonyl (C=O) groups is 1. The number of aliphatic hydroxyl groups is 4. The molecule has 0 unspecified atom stereocenters. The lowest BCUT2D eigenvalue weighted by Gasteiger charge is -2.60. The average molecular weight is 503 g/mol. The zero-order valence-corrected chi connectivity index (χ0v) is 22.2. The molecule has 6 aliphatic rings. The molecule has 7 nitrogen and oxygen atoms in total. The van der Waals surface area contributed by atoms with Gasteiger partial charge in [-0.15, -0.1) is 0 Å². The predicted octanol–water partition coefficient (Wildman–Crippen LogP) is 2.79. The number of aliphatic hydroxyl groups excluding tert-OH is 3. The van der Waals surface area contributed by atoms with E-state index in [9.17, 15) is 25.2 Å². The second-order valence-electron chi connectivity index (χ2n) is 13.4. The van der Waals surface area contributed by atoms with E-state index in [0.29, 0.717) is 19.3 Å². The van der Waals surface area contributed by atoms with Crippen molar-refractivity contribution in [1.82, 2.24) is 0 Å². The second-order valence-corrected chi connectivity index (χ2v) is 13.4. The topological polar surface area (TPSA) is 116 Å². The second kappa shape index (κ2) is 7.73. The van der Waals surface area contributed by atoms with Crippen LogP contribution in [0.3, 0.4) is 0 Å². The van der Waals surface area contributed by atoms with Crippen molar-refractivity contribution in [1.29, 1.82) is 0 Å². The molecule has 2 heterocycles. The molecule has 36 heavy (non-hydrogen) atoms. The maximum absolute atomic E-state index is 13.4. The highest BCUT2D eigenvalue weighted by Gasteiger charge is 2.71. The molecule has 12 atom stereocenters. The van der Waals surface area contributed by atoms with Crippen LogP contribution in [0.15, 0.2) is 22.8 Å². The number of fused-ring (bicyclic) bond motifs is 7. The fraction of sp³-hybridized carbons (Fsp3) is 0.828. The quantitative estimate of drug-likeness (QED) is 0.429.